The minimum atomic E-state index is -0.110. The number of ether oxygens (including phenoxy) is 3. The molecule has 0 radical (unpaired) electrons. The molecule has 0 spiro atoms. The highest BCUT2D eigenvalue weighted by Crippen LogP contribution is 2.41. The lowest BCUT2D eigenvalue weighted by atomic mass is 9.88. The van der Waals surface area contributed by atoms with Gasteiger partial charge in [0.15, 0.2) is 0 Å². The highest BCUT2D eigenvalue weighted by atomic mass is 16.6. The first-order valence-corrected chi connectivity index (χ1v) is 4.47. The fourth-order valence-electron chi connectivity index (χ4n) is 2.10. The summed E-state index contributed by atoms with van der Waals surface area (Å²) in [5.74, 6) is 0.475. The second kappa shape index (κ2) is 2.69. The second-order valence-corrected chi connectivity index (χ2v) is 3.92. The first kappa shape index (κ1) is 8.48. The van der Waals surface area contributed by atoms with Crippen LogP contribution in [0.4, 0.5) is 0 Å². The van der Waals surface area contributed by atoms with Crippen molar-refractivity contribution in [2.24, 2.45) is 5.92 Å². The van der Waals surface area contributed by atoms with Crippen molar-refractivity contribution >= 4 is 0 Å². The molecule has 2 fully saturated rings. The summed E-state index contributed by atoms with van der Waals surface area (Å²) in [5.41, 5.74) is -0.110. The van der Waals surface area contributed by atoms with E-state index in [0.29, 0.717) is 12.5 Å². The van der Waals surface area contributed by atoms with Gasteiger partial charge in [-0.1, -0.05) is 6.92 Å². The smallest absolute Gasteiger partial charge is 0.115 e. The van der Waals surface area contributed by atoms with Crippen LogP contribution in [-0.2, 0) is 14.2 Å². The largest absolute Gasteiger partial charge is 0.376 e. The van der Waals surface area contributed by atoms with Gasteiger partial charge in [0.05, 0.1) is 18.8 Å². The van der Waals surface area contributed by atoms with Gasteiger partial charge < -0.3 is 14.2 Å². The van der Waals surface area contributed by atoms with Crippen LogP contribution in [-0.4, -0.2) is 38.1 Å². The lowest BCUT2D eigenvalue weighted by Gasteiger charge is -2.26. The molecule has 3 heteroatoms. The molecule has 0 aromatic rings. The molecule has 0 amide bonds. The van der Waals surface area contributed by atoms with Gasteiger partial charge >= 0.3 is 0 Å². The molecule has 4 atom stereocenters. The maximum Gasteiger partial charge on any atom is 0.115 e. The summed E-state index contributed by atoms with van der Waals surface area (Å²) in [7, 11) is 1.71. The standard InChI is InChI=1S/C9H16O3/c1-6-4-11-8-7(10-3)5-12-9(6,8)2/h6-8H,4-5H2,1-3H3/t6?,7-,8+,9+/m0/s1. The van der Waals surface area contributed by atoms with E-state index in [1.807, 2.05) is 0 Å². The molecule has 12 heavy (non-hydrogen) atoms. The average molecular weight is 172 g/mol. The van der Waals surface area contributed by atoms with Crippen molar-refractivity contribution < 1.29 is 14.2 Å². The van der Waals surface area contributed by atoms with Crippen molar-refractivity contribution in [1.29, 1.82) is 0 Å². The van der Waals surface area contributed by atoms with Gasteiger partial charge in [-0.15, -0.1) is 0 Å². The lowest BCUT2D eigenvalue weighted by molar-refractivity contribution is -0.0298. The maximum absolute atomic E-state index is 5.73. The van der Waals surface area contributed by atoms with Gasteiger partial charge in [0.1, 0.15) is 12.2 Å². The van der Waals surface area contributed by atoms with Crippen LogP contribution >= 0.6 is 0 Å². The molecule has 0 aromatic carbocycles. The van der Waals surface area contributed by atoms with Gasteiger partial charge in [0.2, 0.25) is 0 Å². The van der Waals surface area contributed by atoms with Crippen molar-refractivity contribution in [3.05, 3.63) is 0 Å². The van der Waals surface area contributed by atoms with E-state index in [1.54, 1.807) is 7.11 Å². The third kappa shape index (κ3) is 0.934. The molecule has 1 unspecified atom stereocenters. The molecule has 2 heterocycles. The fraction of sp³-hybridized carbons (Fsp3) is 1.00. The van der Waals surface area contributed by atoms with Crippen molar-refractivity contribution in [1.82, 2.24) is 0 Å². The monoisotopic (exact) mass is 172 g/mol. The zero-order valence-electron chi connectivity index (χ0n) is 7.87. The highest BCUT2D eigenvalue weighted by Gasteiger charge is 2.55. The molecule has 2 saturated heterocycles. The van der Waals surface area contributed by atoms with Gasteiger partial charge in [0, 0.05) is 13.0 Å². The van der Waals surface area contributed by atoms with Gasteiger partial charge in [-0.2, -0.15) is 0 Å². The van der Waals surface area contributed by atoms with E-state index in [4.69, 9.17) is 14.2 Å². The van der Waals surface area contributed by atoms with E-state index in [-0.39, 0.29) is 17.8 Å². The molecular weight excluding hydrogens is 156 g/mol. The summed E-state index contributed by atoms with van der Waals surface area (Å²) in [6.45, 7) is 5.75. The van der Waals surface area contributed by atoms with Crippen LogP contribution in [0, 0.1) is 5.92 Å². The summed E-state index contributed by atoms with van der Waals surface area (Å²) >= 11 is 0. The lowest BCUT2D eigenvalue weighted by Crippen LogP contribution is -2.40. The Hall–Kier alpha value is -0.120. The van der Waals surface area contributed by atoms with Crippen LogP contribution in [0.15, 0.2) is 0 Å². The number of fused-ring (bicyclic) bond motifs is 1. The summed E-state index contributed by atoms with van der Waals surface area (Å²) < 4.78 is 16.7. The predicted octanol–water partition coefficient (Wildman–Crippen LogP) is 0.825. The normalized spacial score (nSPS) is 52.8. The quantitative estimate of drug-likeness (QED) is 0.586. The van der Waals surface area contributed by atoms with Crippen LogP contribution < -0.4 is 0 Å². The van der Waals surface area contributed by atoms with E-state index in [2.05, 4.69) is 13.8 Å². The Labute approximate surface area is 73.0 Å². The van der Waals surface area contributed by atoms with Crippen LogP contribution in [0.5, 0.6) is 0 Å². The van der Waals surface area contributed by atoms with Crippen molar-refractivity contribution in [3.8, 4) is 0 Å². The highest BCUT2D eigenvalue weighted by molar-refractivity contribution is 5.03. The summed E-state index contributed by atoms with van der Waals surface area (Å²) in [5, 5.41) is 0. The molecule has 70 valence electrons. The molecular formula is C9H16O3. The minimum absolute atomic E-state index is 0.110. The molecule has 0 saturated carbocycles. The SMILES string of the molecule is CO[C@H]1CO[C@]2(C)C(C)CO[C@H]12. The Balaban J connectivity index is 2.17. The van der Waals surface area contributed by atoms with E-state index < -0.39 is 0 Å². The third-order valence-corrected chi connectivity index (χ3v) is 3.27. The Morgan fingerprint density at radius 1 is 1.42 bits per heavy atom. The third-order valence-electron chi connectivity index (χ3n) is 3.27. The molecule has 2 aliphatic rings. The topological polar surface area (TPSA) is 27.7 Å². The van der Waals surface area contributed by atoms with Gasteiger partial charge in [0.25, 0.3) is 0 Å². The first-order valence-electron chi connectivity index (χ1n) is 4.47. The Morgan fingerprint density at radius 2 is 2.17 bits per heavy atom. The molecule has 0 aliphatic carbocycles. The summed E-state index contributed by atoms with van der Waals surface area (Å²) in [6.07, 6.45) is 0.262. The van der Waals surface area contributed by atoms with Gasteiger partial charge in [-0.3, -0.25) is 0 Å². The zero-order chi connectivity index (χ0) is 8.77. The fourth-order valence-corrected chi connectivity index (χ4v) is 2.10. The minimum Gasteiger partial charge on any atom is -0.376 e. The number of methoxy groups -OCH3 is 1. The molecule has 0 aromatic heterocycles. The number of hydrogen-bond acceptors (Lipinski definition) is 3. The predicted molar refractivity (Wildman–Crippen MR) is 44.1 cm³/mol. The first-order chi connectivity index (χ1) is 5.68. The van der Waals surface area contributed by atoms with Crippen molar-refractivity contribution in [2.45, 2.75) is 31.7 Å². The van der Waals surface area contributed by atoms with Crippen molar-refractivity contribution in [2.75, 3.05) is 20.3 Å². The number of hydrogen-bond donors (Lipinski definition) is 0. The summed E-state index contributed by atoms with van der Waals surface area (Å²) in [6, 6.07) is 0. The molecule has 3 nitrogen and oxygen atoms in total. The van der Waals surface area contributed by atoms with E-state index >= 15 is 0 Å². The Kier molecular flexibility index (Phi) is 1.90. The van der Waals surface area contributed by atoms with E-state index in [9.17, 15) is 0 Å². The number of rotatable bonds is 1. The van der Waals surface area contributed by atoms with Crippen LogP contribution in [0.3, 0.4) is 0 Å². The summed E-state index contributed by atoms with van der Waals surface area (Å²) in [4.78, 5) is 0. The maximum atomic E-state index is 5.73. The van der Waals surface area contributed by atoms with Crippen LogP contribution in [0.25, 0.3) is 0 Å². The van der Waals surface area contributed by atoms with E-state index in [0.717, 1.165) is 6.61 Å². The van der Waals surface area contributed by atoms with Crippen LogP contribution in [0.1, 0.15) is 13.8 Å². The Bertz CT molecular complexity index is 183. The van der Waals surface area contributed by atoms with Gasteiger partial charge in [-0.25, -0.2) is 0 Å². The molecule has 2 rings (SSSR count). The second-order valence-electron chi connectivity index (χ2n) is 3.92. The van der Waals surface area contributed by atoms with Crippen LogP contribution in [0.2, 0.25) is 0 Å². The molecule has 0 N–H and O–H groups in total. The van der Waals surface area contributed by atoms with E-state index in [1.165, 1.54) is 0 Å². The molecule has 0 bridgehead atoms. The Morgan fingerprint density at radius 3 is 2.83 bits per heavy atom. The van der Waals surface area contributed by atoms with Gasteiger partial charge in [-0.05, 0) is 6.92 Å². The average Bonchev–Trinajstić information content (AvgIpc) is 2.51. The molecule has 2 aliphatic heterocycles. The van der Waals surface area contributed by atoms with Crippen molar-refractivity contribution in [3.63, 3.8) is 0 Å². The zero-order valence-corrected chi connectivity index (χ0v) is 7.87.